The molecule has 21 heavy (non-hydrogen) atoms. The molecule has 0 bridgehead atoms. The average Bonchev–Trinajstić information content (AvgIpc) is 2.95. The molecule has 0 aromatic heterocycles. The Bertz CT molecular complexity index is 486. The third kappa shape index (κ3) is 4.19. The van der Waals surface area contributed by atoms with Gasteiger partial charge in [-0.2, -0.15) is 0 Å². The van der Waals surface area contributed by atoms with Crippen LogP contribution in [0.25, 0.3) is 0 Å². The maximum Gasteiger partial charge on any atom is 0.251 e. The Kier molecular flexibility index (Phi) is 6.03. The lowest BCUT2D eigenvalue weighted by molar-refractivity contribution is 0.0947. The van der Waals surface area contributed by atoms with E-state index in [1.807, 2.05) is 6.07 Å². The van der Waals surface area contributed by atoms with Gasteiger partial charge >= 0.3 is 0 Å². The molecule has 1 fully saturated rings. The molecule has 116 valence electrons. The fraction of sp³-hybridized carbons (Fsp3) is 0.562. The topological polar surface area (TPSA) is 44.4 Å². The van der Waals surface area contributed by atoms with Gasteiger partial charge in [-0.1, -0.05) is 6.07 Å². The van der Waals surface area contributed by atoms with Gasteiger partial charge < -0.3 is 10.6 Å². The van der Waals surface area contributed by atoms with Crippen LogP contribution in [-0.2, 0) is 12.8 Å². The Morgan fingerprint density at radius 1 is 1.19 bits per heavy atom. The Hall–Kier alpha value is -1.10. The van der Waals surface area contributed by atoms with E-state index >= 15 is 0 Å². The maximum atomic E-state index is 12.1. The second-order valence-electron chi connectivity index (χ2n) is 5.68. The van der Waals surface area contributed by atoms with Crippen molar-refractivity contribution >= 4 is 18.3 Å². The van der Waals surface area contributed by atoms with E-state index < -0.39 is 0 Å². The predicted octanol–water partition coefficient (Wildman–Crippen LogP) is 1.23. The largest absolute Gasteiger partial charge is 0.351 e. The zero-order chi connectivity index (χ0) is 13.8. The Morgan fingerprint density at radius 2 is 1.95 bits per heavy atom. The van der Waals surface area contributed by atoms with Crippen molar-refractivity contribution in [1.29, 1.82) is 0 Å². The van der Waals surface area contributed by atoms with Crippen LogP contribution >= 0.6 is 12.4 Å². The molecule has 1 aromatic carbocycles. The van der Waals surface area contributed by atoms with Crippen molar-refractivity contribution in [3.8, 4) is 0 Å². The molecule has 0 atom stereocenters. The molecule has 0 unspecified atom stereocenters. The SMILES string of the molecule is Cl.O=C(NCCN1CCNCC1)c1ccc2c(c1)CCC2. The Labute approximate surface area is 132 Å². The van der Waals surface area contributed by atoms with Gasteiger partial charge in [0.2, 0.25) is 0 Å². The van der Waals surface area contributed by atoms with Crippen molar-refractivity contribution in [2.24, 2.45) is 0 Å². The summed E-state index contributed by atoms with van der Waals surface area (Å²) < 4.78 is 0. The lowest BCUT2D eigenvalue weighted by Gasteiger charge is -2.27. The van der Waals surface area contributed by atoms with Crippen LogP contribution in [0.4, 0.5) is 0 Å². The van der Waals surface area contributed by atoms with Crippen molar-refractivity contribution in [3.63, 3.8) is 0 Å². The third-order valence-corrected chi connectivity index (χ3v) is 4.28. The monoisotopic (exact) mass is 309 g/mol. The van der Waals surface area contributed by atoms with Gasteiger partial charge in [-0.3, -0.25) is 9.69 Å². The highest BCUT2D eigenvalue weighted by molar-refractivity contribution is 5.94. The first-order valence-corrected chi connectivity index (χ1v) is 7.66. The molecular weight excluding hydrogens is 286 g/mol. The average molecular weight is 310 g/mol. The number of benzene rings is 1. The van der Waals surface area contributed by atoms with Gasteiger partial charge in [0.05, 0.1) is 0 Å². The summed E-state index contributed by atoms with van der Waals surface area (Å²) in [5, 5.41) is 6.37. The molecule has 2 aliphatic rings. The number of carbonyl (C=O) groups excluding carboxylic acids is 1. The van der Waals surface area contributed by atoms with E-state index in [0.717, 1.165) is 51.3 Å². The number of rotatable bonds is 4. The molecule has 5 heteroatoms. The predicted molar refractivity (Wildman–Crippen MR) is 87.4 cm³/mol. The summed E-state index contributed by atoms with van der Waals surface area (Å²) in [5.41, 5.74) is 3.59. The first-order valence-electron chi connectivity index (χ1n) is 7.66. The van der Waals surface area contributed by atoms with Gasteiger partial charge in [-0.25, -0.2) is 0 Å². The molecule has 0 spiro atoms. The van der Waals surface area contributed by atoms with Gasteiger partial charge in [0.1, 0.15) is 0 Å². The number of piperazine rings is 1. The number of hydrogen-bond donors (Lipinski definition) is 2. The van der Waals surface area contributed by atoms with Crippen LogP contribution in [0, 0.1) is 0 Å². The molecule has 0 radical (unpaired) electrons. The van der Waals surface area contributed by atoms with Crippen LogP contribution in [0.5, 0.6) is 0 Å². The highest BCUT2D eigenvalue weighted by atomic mass is 35.5. The fourth-order valence-corrected chi connectivity index (χ4v) is 3.08. The number of hydrogen-bond acceptors (Lipinski definition) is 3. The van der Waals surface area contributed by atoms with Crippen LogP contribution in [0.15, 0.2) is 18.2 Å². The second-order valence-corrected chi connectivity index (χ2v) is 5.68. The molecule has 1 saturated heterocycles. The number of nitrogens with zero attached hydrogens (tertiary/aromatic N) is 1. The lowest BCUT2D eigenvalue weighted by Crippen LogP contribution is -2.46. The minimum absolute atomic E-state index is 0. The molecule has 1 aliphatic heterocycles. The normalized spacial score (nSPS) is 17.9. The van der Waals surface area contributed by atoms with E-state index in [1.165, 1.54) is 24.0 Å². The third-order valence-electron chi connectivity index (χ3n) is 4.28. The summed E-state index contributed by atoms with van der Waals surface area (Å²) in [5.74, 6) is 0.0647. The van der Waals surface area contributed by atoms with Gasteiger partial charge in [0, 0.05) is 44.8 Å². The molecule has 4 nitrogen and oxygen atoms in total. The summed E-state index contributed by atoms with van der Waals surface area (Å²) in [7, 11) is 0. The van der Waals surface area contributed by atoms with Gasteiger partial charge in [0.25, 0.3) is 5.91 Å². The number of aryl methyl sites for hydroxylation is 2. The summed E-state index contributed by atoms with van der Waals surface area (Å²) in [6.45, 7) is 5.94. The van der Waals surface area contributed by atoms with Crippen LogP contribution in [-0.4, -0.2) is 50.1 Å². The van der Waals surface area contributed by atoms with Crippen molar-refractivity contribution in [2.75, 3.05) is 39.3 Å². The quantitative estimate of drug-likeness (QED) is 0.879. The van der Waals surface area contributed by atoms with Crippen LogP contribution in [0.3, 0.4) is 0 Å². The number of halogens is 1. The minimum Gasteiger partial charge on any atom is -0.351 e. The van der Waals surface area contributed by atoms with E-state index in [9.17, 15) is 4.79 Å². The smallest absolute Gasteiger partial charge is 0.251 e. The summed E-state index contributed by atoms with van der Waals surface area (Å²) >= 11 is 0. The molecule has 2 N–H and O–H groups in total. The van der Waals surface area contributed by atoms with Crippen LogP contribution in [0.1, 0.15) is 27.9 Å². The molecule has 0 saturated carbocycles. The van der Waals surface area contributed by atoms with Crippen LogP contribution < -0.4 is 10.6 Å². The van der Waals surface area contributed by atoms with Crippen LogP contribution in [0.2, 0.25) is 0 Å². The van der Waals surface area contributed by atoms with Crippen molar-refractivity contribution in [1.82, 2.24) is 15.5 Å². The summed E-state index contributed by atoms with van der Waals surface area (Å²) in [6, 6.07) is 6.15. The van der Waals surface area contributed by atoms with Crippen molar-refractivity contribution in [3.05, 3.63) is 34.9 Å². The second kappa shape index (κ2) is 7.78. The zero-order valence-electron chi connectivity index (χ0n) is 12.4. The van der Waals surface area contributed by atoms with E-state index in [2.05, 4.69) is 27.7 Å². The minimum atomic E-state index is 0. The Balaban J connectivity index is 0.00000161. The van der Waals surface area contributed by atoms with Crippen molar-refractivity contribution in [2.45, 2.75) is 19.3 Å². The highest BCUT2D eigenvalue weighted by Crippen LogP contribution is 2.22. The van der Waals surface area contributed by atoms with Gasteiger partial charge in [-0.15, -0.1) is 12.4 Å². The van der Waals surface area contributed by atoms with E-state index in [0.29, 0.717) is 0 Å². The van der Waals surface area contributed by atoms with E-state index in [1.54, 1.807) is 0 Å². The highest BCUT2D eigenvalue weighted by Gasteiger charge is 2.14. The molecular formula is C16H24ClN3O. The standard InChI is InChI=1S/C16H23N3O.ClH/c20-16(18-8-11-19-9-6-17-7-10-19)15-5-4-13-2-1-3-14(13)12-15;/h4-5,12,17H,1-3,6-11H2,(H,18,20);1H. The molecule has 1 aromatic rings. The van der Waals surface area contributed by atoms with Crippen molar-refractivity contribution < 1.29 is 4.79 Å². The number of fused-ring (bicyclic) bond motifs is 1. The fourth-order valence-electron chi connectivity index (χ4n) is 3.08. The van der Waals surface area contributed by atoms with Gasteiger partial charge in [0.15, 0.2) is 0 Å². The van der Waals surface area contributed by atoms with E-state index in [4.69, 9.17) is 0 Å². The van der Waals surface area contributed by atoms with E-state index in [-0.39, 0.29) is 18.3 Å². The number of nitrogens with one attached hydrogen (secondary N) is 2. The number of carbonyl (C=O) groups is 1. The molecule has 1 heterocycles. The zero-order valence-corrected chi connectivity index (χ0v) is 13.2. The first-order chi connectivity index (χ1) is 9.83. The molecule has 1 aliphatic carbocycles. The molecule has 3 rings (SSSR count). The number of amides is 1. The summed E-state index contributed by atoms with van der Waals surface area (Å²) in [4.78, 5) is 14.5. The van der Waals surface area contributed by atoms with Gasteiger partial charge in [-0.05, 0) is 42.5 Å². The summed E-state index contributed by atoms with van der Waals surface area (Å²) in [6.07, 6.45) is 3.51. The maximum absolute atomic E-state index is 12.1. The first kappa shape index (κ1) is 16.3. The lowest BCUT2D eigenvalue weighted by atomic mass is 10.1. The molecule has 1 amide bonds. The Morgan fingerprint density at radius 3 is 2.76 bits per heavy atom.